The first-order valence-corrected chi connectivity index (χ1v) is 7.07. The van der Waals surface area contributed by atoms with Crippen LogP contribution in [-0.4, -0.2) is 15.4 Å². The molecule has 0 unspecified atom stereocenters. The van der Waals surface area contributed by atoms with E-state index in [1.807, 2.05) is 0 Å². The predicted octanol–water partition coefficient (Wildman–Crippen LogP) is 2.24. The van der Waals surface area contributed by atoms with Crippen LogP contribution in [0.15, 0.2) is 50.5 Å². The van der Waals surface area contributed by atoms with E-state index >= 15 is 0 Å². The van der Waals surface area contributed by atoms with Crippen molar-refractivity contribution in [2.45, 2.75) is 13.5 Å². The predicted molar refractivity (Wildman–Crippen MR) is 86.4 cm³/mol. The first-order valence-electron chi connectivity index (χ1n) is 7.07. The number of benzene rings is 1. The maximum absolute atomic E-state index is 13.0. The zero-order valence-electron chi connectivity index (χ0n) is 12.7. The number of halogens is 1. The highest BCUT2D eigenvalue weighted by Gasteiger charge is 2.17. The van der Waals surface area contributed by atoms with Crippen molar-refractivity contribution in [3.05, 3.63) is 74.2 Å². The van der Waals surface area contributed by atoms with Crippen LogP contribution in [0.1, 0.15) is 18.1 Å². The summed E-state index contributed by atoms with van der Waals surface area (Å²) in [5.41, 5.74) is -0.531. The van der Waals surface area contributed by atoms with E-state index in [4.69, 9.17) is 9.83 Å². The molecule has 2 heterocycles. The second kappa shape index (κ2) is 5.77. The molecule has 0 aliphatic carbocycles. The van der Waals surface area contributed by atoms with Crippen molar-refractivity contribution < 1.29 is 13.9 Å². The fourth-order valence-electron chi connectivity index (χ4n) is 2.47. The molecule has 0 atom stereocenters. The number of hydrogen-bond donors (Lipinski definition) is 2. The number of rotatable bonds is 3. The second-order valence-corrected chi connectivity index (χ2v) is 5.38. The average Bonchev–Trinajstić information content (AvgIpc) is 2.51. The van der Waals surface area contributed by atoms with E-state index < -0.39 is 16.9 Å². The SMILES string of the molecule is CC(=N)c1cn(Cc2ccc(F)cc2)c(=O)c2c(O)cc(=O)oc12. The number of nitrogens with zero attached hydrogens (tertiary/aromatic N) is 1. The van der Waals surface area contributed by atoms with Gasteiger partial charge in [-0.3, -0.25) is 4.79 Å². The second-order valence-electron chi connectivity index (χ2n) is 5.38. The highest BCUT2D eigenvalue weighted by molar-refractivity contribution is 6.06. The third kappa shape index (κ3) is 2.71. The minimum Gasteiger partial charge on any atom is -0.507 e. The molecule has 122 valence electrons. The fraction of sp³-hybridized carbons (Fsp3) is 0.118. The molecule has 1 aromatic carbocycles. The van der Waals surface area contributed by atoms with Crippen LogP contribution < -0.4 is 11.2 Å². The Morgan fingerprint density at radius 1 is 1.29 bits per heavy atom. The van der Waals surface area contributed by atoms with Crippen LogP contribution in [0.3, 0.4) is 0 Å². The van der Waals surface area contributed by atoms with E-state index in [-0.39, 0.29) is 34.6 Å². The molecule has 2 N–H and O–H groups in total. The van der Waals surface area contributed by atoms with Gasteiger partial charge in [-0.25, -0.2) is 9.18 Å². The third-order valence-electron chi connectivity index (χ3n) is 3.61. The first-order chi connectivity index (χ1) is 11.4. The Labute approximate surface area is 134 Å². The van der Waals surface area contributed by atoms with Crippen LogP contribution in [0.25, 0.3) is 11.0 Å². The molecule has 0 bridgehead atoms. The summed E-state index contributed by atoms with van der Waals surface area (Å²) in [7, 11) is 0. The molecule has 0 fully saturated rings. The number of hydrogen-bond acceptors (Lipinski definition) is 5. The Morgan fingerprint density at radius 3 is 2.58 bits per heavy atom. The molecule has 0 spiro atoms. The van der Waals surface area contributed by atoms with Crippen molar-refractivity contribution in [3.63, 3.8) is 0 Å². The Hall–Kier alpha value is -3.22. The topological polar surface area (TPSA) is 96.3 Å². The number of pyridine rings is 1. The third-order valence-corrected chi connectivity index (χ3v) is 3.61. The lowest BCUT2D eigenvalue weighted by Crippen LogP contribution is -2.23. The molecular formula is C17H13FN2O4. The Kier molecular flexibility index (Phi) is 3.76. The smallest absolute Gasteiger partial charge is 0.339 e. The summed E-state index contributed by atoms with van der Waals surface area (Å²) in [5.74, 6) is -0.887. The van der Waals surface area contributed by atoms with Crippen LogP contribution in [0, 0.1) is 11.2 Å². The van der Waals surface area contributed by atoms with Crippen molar-refractivity contribution in [2.24, 2.45) is 0 Å². The van der Waals surface area contributed by atoms with Gasteiger partial charge in [0.15, 0.2) is 5.58 Å². The van der Waals surface area contributed by atoms with Gasteiger partial charge >= 0.3 is 5.63 Å². The van der Waals surface area contributed by atoms with Gasteiger partial charge in [0, 0.05) is 11.9 Å². The molecule has 0 aliphatic rings. The van der Waals surface area contributed by atoms with Gasteiger partial charge in [0.05, 0.1) is 18.2 Å². The summed E-state index contributed by atoms with van der Waals surface area (Å²) in [4.78, 5) is 24.1. The summed E-state index contributed by atoms with van der Waals surface area (Å²) in [6, 6.07) is 6.44. The van der Waals surface area contributed by atoms with Gasteiger partial charge < -0.3 is 19.5 Å². The summed E-state index contributed by atoms with van der Waals surface area (Å²) in [6.45, 7) is 1.60. The fourth-order valence-corrected chi connectivity index (χ4v) is 2.47. The van der Waals surface area contributed by atoms with E-state index in [0.29, 0.717) is 5.56 Å². The zero-order chi connectivity index (χ0) is 17.4. The van der Waals surface area contributed by atoms with Crippen LogP contribution in [0.2, 0.25) is 0 Å². The normalized spacial score (nSPS) is 10.9. The largest absolute Gasteiger partial charge is 0.507 e. The standard InChI is InChI=1S/C17H13FN2O4/c1-9(19)12-8-20(7-10-2-4-11(18)5-3-10)17(23)15-13(21)6-14(22)24-16(12)15/h2-6,8,19,21H,7H2,1H3. The number of nitrogens with one attached hydrogen (secondary N) is 1. The minimum absolute atomic E-state index is 0.0709. The number of aromatic nitrogens is 1. The molecule has 24 heavy (non-hydrogen) atoms. The van der Waals surface area contributed by atoms with Crippen LogP contribution in [-0.2, 0) is 6.54 Å². The van der Waals surface area contributed by atoms with Gasteiger partial charge in [-0.1, -0.05) is 12.1 Å². The quantitative estimate of drug-likeness (QED) is 0.721. The lowest BCUT2D eigenvalue weighted by Gasteiger charge is -2.11. The molecule has 6 nitrogen and oxygen atoms in total. The van der Waals surface area contributed by atoms with Crippen molar-refractivity contribution in [2.75, 3.05) is 0 Å². The summed E-state index contributed by atoms with van der Waals surface area (Å²) in [6.07, 6.45) is 1.39. The van der Waals surface area contributed by atoms with E-state index in [1.54, 1.807) is 0 Å². The molecular weight excluding hydrogens is 315 g/mol. The van der Waals surface area contributed by atoms with E-state index in [2.05, 4.69) is 0 Å². The zero-order valence-corrected chi connectivity index (χ0v) is 12.7. The molecule has 0 aliphatic heterocycles. The molecule has 0 radical (unpaired) electrons. The molecule has 7 heteroatoms. The highest BCUT2D eigenvalue weighted by atomic mass is 19.1. The van der Waals surface area contributed by atoms with Gasteiger partial charge in [-0.2, -0.15) is 0 Å². The monoisotopic (exact) mass is 328 g/mol. The maximum Gasteiger partial charge on any atom is 0.339 e. The lowest BCUT2D eigenvalue weighted by molar-refractivity contribution is 0.466. The summed E-state index contributed by atoms with van der Waals surface area (Å²) in [5, 5.41) is 17.6. The van der Waals surface area contributed by atoms with Crippen molar-refractivity contribution in [1.29, 1.82) is 5.41 Å². The molecule has 0 amide bonds. The molecule has 3 rings (SSSR count). The van der Waals surface area contributed by atoms with Crippen LogP contribution >= 0.6 is 0 Å². The van der Waals surface area contributed by atoms with Gasteiger partial charge in [-0.05, 0) is 24.6 Å². The van der Waals surface area contributed by atoms with Crippen LogP contribution in [0.5, 0.6) is 5.75 Å². The molecule has 0 saturated carbocycles. The van der Waals surface area contributed by atoms with Gasteiger partial charge in [-0.15, -0.1) is 0 Å². The van der Waals surface area contributed by atoms with E-state index in [0.717, 1.165) is 6.07 Å². The van der Waals surface area contributed by atoms with Crippen molar-refractivity contribution in [3.8, 4) is 5.75 Å². The maximum atomic E-state index is 13.0. The van der Waals surface area contributed by atoms with E-state index in [1.165, 1.54) is 42.0 Å². The first kappa shape index (κ1) is 15.7. The molecule has 3 aromatic rings. The molecule has 2 aromatic heterocycles. The summed E-state index contributed by atoms with van der Waals surface area (Å²) < 4.78 is 19.3. The Morgan fingerprint density at radius 2 is 1.96 bits per heavy atom. The minimum atomic E-state index is -0.807. The average molecular weight is 328 g/mol. The highest BCUT2D eigenvalue weighted by Crippen LogP contribution is 2.22. The van der Waals surface area contributed by atoms with Gasteiger partial charge in [0.25, 0.3) is 5.56 Å². The lowest BCUT2D eigenvalue weighted by atomic mass is 10.1. The number of fused-ring (bicyclic) bond motifs is 1. The van der Waals surface area contributed by atoms with Crippen molar-refractivity contribution >= 4 is 16.7 Å². The van der Waals surface area contributed by atoms with Gasteiger partial charge in [0.2, 0.25) is 0 Å². The summed E-state index contributed by atoms with van der Waals surface area (Å²) >= 11 is 0. The van der Waals surface area contributed by atoms with Crippen LogP contribution in [0.4, 0.5) is 4.39 Å². The molecule has 0 saturated heterocycles. The van der Waals surface area contributed by atoms with Gasteiger partial charge in [0.1, 0.15) is 17.0 Å². The van der Waals surface area contributed by atoms with Crippen molar-refractivity contribution in [1.82, 2.24) is 4.57 Å². The Balaban J connectivity index is 2.27. The Bertz CT molecular complexity index is 1060. The van der Waals surface area contributed by atoms with E-state index in [9.17, 15) is 19.1 Å². The number of aromatic hydroxyl groups is 1.